The van der Waals surface area contributed by atoms with Crippen LogP contribution in [0.1, 0.15) is 31.9 Å². The molecule has 0 aliphatic rings. The Hall–Kier alpha value is -2.20. The van der Waals surface area contributed by atoms with Crippen LogP contribution < -0.4 is 5.32 Å². The van der Waals surface area contributed by atoms with Gasteiger partial charge in [-0.1, -0.05) is 42.5 Å². The predicted molar refractivity (Wildman–Crippen MR) is 88.4 cm³/mol. The van der Waals surface area contributed by atoms with Crippen LogP contribution in [0, 0.1) is 5.82 Å². The van der Waals surface area contributed by atoms with E-state index in [0.717, 1.165) is 5.56 Å². The molecule has 2 rings (SSSR count). The fourth-order valence-corrected chi connectivity index (χ4v) is 2.38. The molecular weight excluding hydrogens is 293 g/mol. The third-order valence-electron chi connectivity index (χ3n) is 4.10. The average Bonchev–Trinajstić information content (AvgIpc) is 2.53. The molecular formula is C19H22FNO2. The number of amides is 1. The maximum Gasteiger partial charge on any atom is 0.230 e. The zero-order chi connectivity index (χ0) is 17.1. The smallest absolute Gasteiger partial charge is 0.230 e. The van der Waals surface area contributed by atoms with Crippen LogP contribution in [0.2, 0.25) is 0 Å². The van der Waals surface area contributed by atoms with Crippen LogP contribution in [0.5, 0.6) is 0 Å². The molecule has 2 aromatic rings. The maximum atomic E-state index is 13.4. The molecule has 0 fully saturated rings. The Balaban J connectivity index is 2.09. The van der Waals surface area contributed by atoms with Crippen molar-refractivity contribution in [2.75, 3.05) is 6.54 Å². The number of hydrogen-bond donors (Lipinski definition) is 2. The van der Waals surface area contributed by atoms with Crippen molar-refractivity contribution in [3.05, 3.63) is 71.5 Å². The molecule has 0 spiro atoms. The second kappa shape index (κ2) is 6.50. The molecule has 4 heteroatoms. The van der Waals surface area contributed by atoms with E-state index < -0.39 is 11.0 Å². The van der Waals surface area contributed by atoms with E-state index in [2.05, 4.69) is 5.32 Å². The molecule has 0 saturated heterocycles. The monoisotopic (exact) mass is 315 g/mol. The van der Waals surface area contributed by atoms with Crippen LogP contribution >= 0.6 is 0 Å². The Morgan fingerprint density at radius 1 is 1.04 bits per heavy atom. The van der Waals surface area contributed by atoms with Crippen molar-refractivity contribution in [3.63, 3.8) is 0 Å². The Kier molecular flexibility index (Phi) is 4.85. The highest BCUT2D eigenvalue weighted by atomic mass is 19.1. The number of carbonyl (C=O) groups excluding carboxylic acids is 1. The topological polar surface area (TPSA) is 49.3 Å². The molecule has 0 saturated carbocycles. The molecule has 0 aliphatic heterocycles. The molecule has 1 atom stereocenters. The van der Waals surface area contributed by atoms with E-state index in [9.17, 15) is 14.3 Å². The maximum absolute atomic E-state index is 13.4. The van der Waals surface area contributed by atoms with Crippen molar-refractivity contribution in [2.45, 2.75) is 31.8 Å². The molecule has 0 heterocycles. The molecule has 0 radical (unpaired) electrons. The lowest BCUT2D eigenvalue weighted by atomic mass is 9.83. The summed E-state index contributed by atoms with van der Waals surface area (Å²) in [5.74, 6) is -0.640. The van der Waals surface area contributed by atoms with Gasteiger partial charge in [-0.3, -0.25) is 4.79 Å². The van der Waals surface area contributed by atoms with E-state index in [-0.39, 0.29) is 18.3 Å². The first-order valence-corrected chi connectivity index (χ1v) is 7.56. The largest absolute Gasteiger partial charge is 0.384 e. The highest BCUT2D eigenvalue weighted by Crippen LogP contribution is 2.25. The minimum absolute atomic E-state index is 0.0780. The van der Waals surface area contributed by atoms with Crippen molar-refractivity contribution in [2.24, 2.45) is 0 Å². The first-order chi connectivity index (χ1) is 10.7. The second-order valence-corrected chi connectivity index (χ2v) is 6.46. The summed E-state index contributed by atoms with van der Waals surface area (Å²) in [7, 11) is 0. The van der Waals surface area contributed by atoms with Crippen molar-refractivity contribution in [1.29, 1.82) is 0 Å². The summed E-state index contributed by atoms with van der Waals surface area (Å²) >= 11 is 0. The van der Waals surface area contributed by atoms with E-state index in [1.54, 1.807) is 32.9 Å². The third kappa shape index (κ3) is 3.96. The molecule has 122 valence electrons. The fraction of sp³-hybridized carbons (Fsp3) is 0.316. The van der Waals surface area contributed by atoms with Gasteiger partial charge in [0.15, 0.2) is 0 Å². The van der Waals surface area contributed by atoms with Gasteiger partial charge in [-0.25, -0.2) is 4.39 Å². The summed E-state index contributed by atoms with van der Waals surface area (Å²) in [5, 5.41) is 13.3. The Morgan fingerprint density at radius 2 is 1.65 bits per heavy atom. The zero-order valence-electron chi connectivity index (χ0n) is 13.6. The first kappa shape index (κ1) is 17.2. The highest BCUT2D eigenvalue weighted by Gasteiger charge is 2.32. The zero-order valence-corrected chi connectivity index (χ0v) is 13.6. The van der Waals surface area contributed by atoms with Gasteiger partial charge in [-0.05, 0) is 44.0 Å². The van der Waals surface area contributed by atoms with Gasteiger partial charge in [0.25, 0.3) is 0 Å². The Bertz CT molecular complexity index is 681. The van der Waals surface area contributed by atoms with Gasteiger partial charge in [-0.15, -0.1) is 0 Å². The molecule has 0 aromatic heterocycles. The fourth-order valence-electron chi connectivity index (χ4n) is 2.38. The molecule has 0 aliphatic carbocycles. The number of rotatable bonds is 5. The Labute approximate surface area is 136 Å². The van der Waals surface area contributed by atoms with Gasteiger partial charge in [0.2, 0.25) is 5.91 Å². The number of nitrogens with one attached hydrogen (secondary N) is 1. The quantitative estimate of drug-likeness (QED) is 0.890. The molecule has 2 N–H and O–H groups in total. The second-order valence-electron chi connectivity index (χ2n) is 6.46. The van der Waals surface area contributed by atoms with Gasteiger partial charge in [0, 0.05) is 0 Å². The summed E-state index contributed by atoms with van der Waals surface area (Å²) in [4.78, 5) is 12.5. The van der Waals surface area contributed by atoms with Crippen molar-refractivity contribution in [1.82, 2.24) is 5.32 Å². The summed E-state index contributed by atoms with van der Waals surface area (Å²) in [5.41, 5.74) is -0.748. The van der Waals surface area contributed by atoms with E-state index in [0.29, 0.717) is 5.56 Å². The summed E-state index contributed by atoms with van der Waals surface area (Å²) in [6, 6.07) is 15.2. The van der Waals surface area contributed by atoms with Crippen LogP contribution in [0.4, 0.5) is 4.39 Å². The van der Waals surface area contributed by atoms with Crippen LogP contribution in [0.3, 0.4) is 0 Å². The summed E-state index contributed by atoms with van der Waals surface area (Å²) < 4.78 is 13.4. The van der Waals surface area contributed by atoms with Gasteiger partial charge in [0.05, 0.1) is 12.0 Å². The van der Waals surface area contributed by atoms with Crippen LogP contribution in [-0.2, 0) is 15.8 Å². The van der Waals surface area contributed by atoms with Crippen LogP contribution in [0.25, 0.3) is 0 Å². The number of halogens is 1. The predicted octanol–water partition coefficient (Wildman–Crippen LogP) is 3.13. The van der Waals surface area contributed by atoms with Gasteiger partial charge in [-0.2, -0.15) is 0 Å². The molecule has 2 aromatic carbocycles. The van der Waals surface area contributed by atoms with Crippen molar-refractivity contribution in [3.8, 4) is 0 Å². The molecule has 23 heavy (non-hydrogen) atoms. The molecule has 0 bridgehead atoms. The molecule has 3 nitrogen and oxygen atoms in total. The molecule has 1 unspecified atom stereocenters. The highest BCUT2D eigenvalue weighted by molar-refractivity contribution is 5.87. The first-order valence-electron chi connectivity index (χ1n) is 7.56. The van der Waals surface area contributed by atoms with Crippen LogP contribution in [0.15, 0.2) is 54.6 Å². The van der Waals surface area contributed by atoms with E-state index in [1.165, 1.54) is 12.1 Å². The normalized spacial score (nSPS) is 14.1. The number of aliphatic hydroxyl groups is 1. The van der Waals surface area contributed by atoms with Crippen LogP contribution in [-0.4, -0.2) is 17.6 Å². The standard InChI is InChI=1S/C19H22FNO2/c1-18(2,15-10-7-11-16(20)12-15)17(22)21-13-19(3,23)14-8-5-4-6-9-14/h4-12,23H,13H2,1-3H3,(H,21,22). The molecule has 1 amide bonds. The van der Waals surface area contributed by atoms with Crippen molar-refractivity contribution < 1.29 is 14.3 Å². The minimum atomic E-state index is -1.17. The summed E-state index contributed by atoms with van der Waals surface area (Å²) in [6.45, 7) is 5.19. The third-order valence-corrected chi connectivity index (χ3v) is 4.10. The number of carbonyl (C=O) groups is 1. The summed E-state index contributed by atoms with van der Waals surface area (Å²) in [6.07, 6.45) is 0. The van der Waals surface area contributed by atoms with Gasteiger partial charge in [0.1, 0.15) is 11.4 Å². The van der Waals surface area contributed by atoms with Crippen molar-refractivity contribution >= 4 is 5.91 Å². The van der Waals surface area contributed by atoms with Gasteiger partial charge < -0.3 is 10.4 Å². The Morgan fingerprint density at radius 3 is 2.26 bits per heavy atom. The van der Waals surface area contributed by atoms with Gasteiger partial charge >= 0.3 is 0 Å². The number of benzene rings is 2. The van der Waals surface area contributed by atoms with E-state index in [1.807, 2.05) is 30.3 Å². The van der Waals surface area contributed by atoms with E-state index in [4.69, 9.17) is 0 Å². The average molecular weight is 315 g/mol. The minimum Gasteiger partial charge on any atom is -0.384 e. The lowest BCUT2D eigenvalue weighted by molar-refractivity contribution is -0.126. The van der Waals surface area contributed by atoms with E-state index >= 15 is 0 Å². The lowest BCUT2D eigenvalue weighted by Crippen LogP contribution is -2.45. The lowest BCUT2D eigenvalue weighted by Gasteiger charge is -2.29. The number of hydrogen-bond acceptors (Lipinski definition) is 2. The SMILES string of the molecule is CC(O)(CNC(=O)C(C)(C)c1cccc(F)c1)c1ccccc1.